The third kappa shape index (κ3) is 2.23. The fourth-order valence-corrected chi connectivity index (χ4v) is 1.50. The molecule has 14 heavy (non-hydrogen) atoms. The van der Waals surface area contributed by atoms with Crippen LogP contribution in [0.2, 0.25) is 0 Å². The maximum absolute atomic E-state index is 5.94. The van der Waals surface area contributed by atoms with E-state index in [9.17, 15) is 0 Å². The maximum Gasteiger partial charge on any atom is 0.130 e. The molecule has 0 saturated heterocycles. The van der Waals surface area contributed by atoms with E-state index in [1.807, 2.05) is 25.2 Å². The maximum atomic E-state index is 5.94. The Bertz CT molecular complexity index is 307. The average Bonchev–Trinajstić information content (AvgIpc) is 2.15. The molecule has 1 rings (SSSR count). The molecule has 0 spiro atoms. The molecule has 0 aromatic carbocycles. The van der Waals surface area contributed by atoms with Crippen molar-refractivity contribution in [3.63, 3.8) is 0 Å². The van der Waals surface area contributed by atoms with Crippen LogP contribution >= 0.6 is 0 Å². The lowest BCUT2D eigenvalue weighted by molar-refractivity contribution is 0.694. The summed E-state index contributed by atoms with van der Waals surface area (Å²) >= 11 is 0. The van der Waals surface area contributed by atoms with E-state index in [-0.39, 0.29) is 6.04 Å². The largest absolute Gasteiger partial charge is 0.363 e. The Morgan fingerprint density at radius 1 is 1.50 bits per heavy atom. The minimum absolute atomic E-state index is 0.109. The first-order chi connectivity index (χ1) is 6.56. The number of aromatic nitrogens is 1. The van der Waals surface area contributed by atoms with Gasteiger partial charge in [-0.25, -0.2) is 4.98 Å². The SMILES string of the molecule is CCC(N)c1cnc(N(C)C)c(C)c1. The van der Waals surface area contributed by atoms with Gasteiger partial charge in [-0.2, -0.15) is 0 Å². The lowest BCUT2D eigenvalue weighted by atomic mass is 10.1. The number of rotatable bonds is 3. The van der Waals surface area contributed by atoms with Gasteiger partial charge in [0.15, 0.2) is 0 Å². The molecule has 0 aliphatic heterocycles. The number of hydrogen-bond donors (Lipinski definition) is 1. The number of aryl methyl sites for hydroxylation is 1. The van der Waals surface area contributed by atoms with Crippen LogP contribution in [0.25, 0.3) is 0 Å². The van der Waals surface area contributed by atoms with Gasteiger partial charge in [0.05, 0.1) is 0 Å². The molecule has 3 heteroatoms. The standard InChI is InChI=1S/C11H19N3/c1-5-10(12)9-6-8(2)11(13-7-9)14(3)4/h6-7,10H,5,12H2,1-4H3. The molecule has 1 heterocycles. The van der Waals surface area contributed by atoms with E-state index in [0.717, 1.165) is 17.8 Å². The van der Waals surface area contributed by atoms with Crippen molar-refractivity contribution in [3.8, 4) is 0 Å². The molecule has 0 radical (unpaired) electrons. The minimum Gasteiger partial charge on any atom is -0.363 e. The van der Waals surface area contributed by atoms with Crippen LogP contribution in [-0.4, -0.2) is 19.1 Å². The summed E-state index contributed by atoms with van der Waals surface area (Å²) in [7, 11) is 3.99. The molecule has 0 fully saturated rings. The highest BCUT2D eigenvalue weighted by Gasteiger charge is 2.07. The van der Waals surface area contributed by atoms with Crippen molar-refractivity contribution in [2.24, 2.45) is 5.73 Å². The molecule has 0 amide bonds. The first-order valence-electron chi connectivity index (χ1n) is 4.95. The molecule has 0 aliphatic rings. The van der Waals surface area contributed by atoms with Crippen LogP contribution in [0.4, 0.5) is 5.82 Å². The molecule has 0 aliphatic carbocycles. The molecule has 0 saturated carbocycles. The molecule has 78 valence electrons. The number of anilines is 1. The van der Waals surface area contributed by atoms with Crippen LogP contribution in [0.15, 0.2) is 12.3 Å². The minimum atomic E-state index is 0.109. The highest BCUT2D eigenvalue weighted by molar-refractivity contribution is 5.46. The molecule has 1 aromatic heterocycles. The summed E-state index contributed by atoms with van der Waals surface area (Å²) in [6.07, 6.45) is 2.82. The van der Waals surface area contributed by atoms with Crippen LogP contribution in [-0.2, 0) is 0 Å². The lowest BCUT2D eigenvalue weighted by Gasteiger charge is -2.16. The van der Waals surface area contributed by atoms with Crippen molar-refractivity contribution in [3.05, 3.63) is 23.4 Å². The van der Waals surface area contributed by atoms with Gasteiger partial charge < -0.3 is 10.6 Å². The Balaban J connectivity index is 3.00. The Morgan fingerprint density at radius 2 is 2.14 bits per heavy atom. The molecular weight excluding hydrogens is 174 g/mol. The van der Waals surface area contributed by atoms with Gasteiger partial charge in [-0.15, -0.1) is 0 Å². The topological polar surface area (TPSA) is 42.1 Å². The summed E-state index contributed by atoms with van der Waals surface area (Å²) in [5.41, 5.74) is 8.23. The fourth-order valence-electron chi connectivity index (χ4n) is 1.50. The van der Waals surface area contributed by atoms with Gasteiger partial charge in [-0.05, 0) is 30.5 Å². The summed E-state index contributed by atoms with van der Waals surface area (Å²) < 4.78 is 0. The zero-order valence-corrected chi connectivity index (χ0v) is 9.41. The predicted octanol–water partition coefficient (Wildman–Crippen LogP) is 1.87. The van der Waals surface area contributed by atoms with Crippen LogP contribution in [0.1, 0.15) is 30.5 Å². The van der Waals surface area contributed by atoms with Gasteiger partial charge >= 0.3 is 0 Å². The second-order valence-electron chi connectivity index (χ2n) is 3.82. The summed E-state index contributed by atoms with van der Waals surface area (Å²) in [4.78, 5) is 6.40. The number of nitrogens with zero attached hydrogens (tertiary/aromatic N) is 2. The van der Waals surface area contributed by atoms with E-state index < -0.39 is 0 Å². The first-order valence-corrected chi connectivity index (χ1v) is 4.95. The number of pyridine rings is 1. The summed E-state index contributed by atoms with van der Waals surface area (Å²) in [6.45, 7) is 4.15. The number of nitrogens with two attached hydrogens (primary N) is 1. The van der Waals surface area contributed by atoms with Gasteiger partial charge in [0, 0.05) is 26.3 Å². The van der Waals surface area contributed by atoms with E-state index in [4.69, 9.17) is 5.73 Å². The van der Waals surface area contributed by atoms with Crippen LogP contribution in [0, 0.1) is 6.92 Å². The lowest BCUT2D eigenvalue weighted by Crippen LogP contribution is -2.14. The van der Waals surface area contributed by atoms with Crippen molar-refractivity contribution in [1.29, 1.82) is 0 Å². The fraction of sp³-hybridized carbons (Fsp3) is 0.545. The van der Waals surface area contributed by atoms with Gasteiger partial charge in [-0.1, -0.05) is 6.92 Å². The molecule has 3 nitrogen and oxygen atoms in total. The third-order valence-electron chi connectivity index (χ3n) is 2.36. The van der Waals surface area contributed by atoms with Crippen molar-refractivity contribution in [2.45, 2.75) is 26.3 Å². The molecule has 1 atom stereocenters. The monoisotopic (exact) mass is 193 g/mol. The van der Waals surface area contributed by atoms with Crippen LogP contribution < -0.4 is 10.6 Å². The summed E-state index contributed by atoms with van der Waals surface area (Å²) in [5, 5.41) is 0. The summed E-state index contributed by atoms with van der Waals surface area (Å²) in [5.74, 6) is 1.01. The zero-order valence-electron chi connectivity index (χ0n) is 9.41. The van der Waals surface area contributed by atoms with E-state index in [0.29, 0.717) is 0 Å². The van der Waals surface area contributed by atoms with Crippen LogP contribution in [0.3, 0.4) is 0 Å². The van der Waals surface area contributed by atoms with Gasteiger partial charge in [0.25, 0.3) is 0 Å². The van der Waals surface area contributed by atoms with E-state index in [2.05, 4.69) is 24.9 Å². The van der Waals surface area contributed by atoms with Gasteiger partial charge in [0.1, 0.15) is 5.82 Å². The Kier molecular flexibility index (Phi) is 3.47. The van der Waals surface area contributed by atoms with Crippen molar-refractivity contribution in [1.82, 2.24) is 4.98 Å². The molecule has 0 bridgehead atoms. The van der Waals surface area contributed by atoms with Gasteiger partial charge in [-0.3, -0.25) is 0 Å². The molecular formula is C11H19N3. The first kappa shape index (κ1) is 11.0. The molecule has 1 aromatic rings. The van der Waals surface area contributed by atoms with E-state index in [1.165, 1.54) is 5.56 Å². The highest BCUT2D eigenvalue weighted by atomic mass is 15.1. The molecule has 2 N–H and O–H groups in total. The Hall–Kier alpha value is -1.09. The highest BCUT2D eigenvalue weighted by Crippen LogP contribution is 2.19. The van der Waals surface area contributed by atoms with Crippen molar-refractivity contribution in [2.75, 3.05) is 19.0 Å². The molecule has 1 unspecified atom stereocenters. The van der Waals surface area contributed by atoms with E-state index in [1.54, 1.807) is 0 Å². The van der Waals surface area contributed by atoms with Crippen LogP contribution in [0.5, 0.6) is 0 Å². The average molecular weight is 193 g/mol. The normalized spacial score (nSPS) is 12.6. The number of hydrogen-bond acceptors (Lipinski definition) is 3. The Labute approximate surface area is 85.9 Å². The van der Waals surface area contributed by atoms with Crippen molar-refractivity contribution < 1.29 is 0 Å². The Morgan fingerprint density at radius 3 is 2.57 bits per heavy atom. The summed E-state index contributed by atoms with van der Waals surface area (Å²) in [6, 6.07) is 2.23. The predicted molar refractivity (Wildman–Crippen MR) is 60.5 cm³/mol. The zero-order chi connectivity index (χ0) is 10.7. The third-order valence-corrected chi connectivity index (χ3v) is 2.36. The second kappa shape index (κ2) is 4.42. The van der Waals surface area contributed by atoms with E-state index >= 15 is 0 Å². The van der Waals surface area contributed by atoms with Crippen molar-refractivity contribution >= 4 is 5.82 Å². The smallest absolute Gasteiger partial charge is 0.130 e. The quantitative estimate of drug-likeness (QED) is 0.796. The van der Waals surface area contributed by atoms with Gasteiger partial charge in [0.2, 0.25) is 0 Å². The second-order valence-corrected chi connectivity index (χ2v) is 3.82.